The van der Waals surface area contributed by atoms with E-state index >= 15 is 0 Å². The van der Waals surface area contributed by atoms with E-state index in [1.807, 2.05) is 43.3 Å². The number of aliphatic hydroxyl groups is 1. The molecule has 0 saturated carbocycles. The molecule has 5 rings (SSSR count). The minimum Gasteiger partial charge on any atom is -0.390 e. The zero-order chi connectivity index (χ0) is 24.7. The zero-order valence-corrected chi connectivity index (χ0v) is 18.7. The van der Waals surface area contributed by atoms with Crippen molar-refractivity contribution < 1.29 is 13.9 Å². The largest absolute Gasteiger partial charge is 0.428 e. The molecule has 0 bridgehead atoms. The number of fused-ring (bicyclic) bond motifs is 1. The molecular weight excluding hydrogens is 451 g/mol. The second kappa shape index (κ2) is 8.61. The van der Waals surface area contributed by atoms with Gasteiger partial charge in [-0.25, -0.2) is 19.3 Å². The van der Waals surface area contributed by atoms with E-state index in [-0.39, 0.29) is 24.9 Å². The molecule has 4 heterocycles. The number of rotatable bonds is 5. The second-order valence-corrected chi connectivity index (χ2v) is 8.04. The van der Waals surface area contributed by atoms with Crippen LogP contribution in [0, 0.1) is 12.7 Å². The van der Waals surface area contributed by atoms with Crippen LogP contribution in [0.1, 0.15) is 17.1 Å². The van der Waals surface area contributed by atoms with Crippen molar-refractivity contribution in [2.45, 2.75) is 20.1 Å². The molecule has 6 N–H and O–H groups in total. The van der Waals surface area contributed by atoms with Gasteiger partial charge in [-0.1, -0.05) is 30.3 Å². The molecule has 0 fully saturated rings. The maximum absolute atomic E-state index is 13.6. The van der Waals surface area contributed by atoms with Gasteiger partial charge < -0.3 is 16.6 Å². The highest BCUT2D eigenvalue weighted by molar-refractivity contribution is 5.88. The molecule has 0 atom stereocenters. The summed E-state index contributed by atoms with van der Waals surface area (Å²) in [5, 5.41) is 12.8. The first kappa shape index (κ1) is 22.2. The number of pyridine rings is 2. The lowest BCUT2D eigenvalue weighted by Crippen LogP contribution is -2.44. The maximum atomic E-state index is 13.6. The summed E-state index contributed by atoms with van der Waals surface area (Å²) in [6.45, 7) is 1.57. The summed E-state index contributed by atoms with van der Waals surface area (Å²) < 4.78 is 16.1. The lowest BCUT2D eigenvalue weighted by atomic mass is 9.99. The third-order valence-electron chi connectivity index (χ3n) is 5.57. The lowest BCUT2D eigenvalue weighted by molar-refractivity contribution is -0.516. The quantitative estimate of drug-likeness (QED) is 0.283. The van der Waals surface area contributed by atoms with E-state index in [9.17, 15) is 14.3 Å². The number of benzene rings is 1. The van der Waals surface area contributed by atoms with Gasteiger partial charge in [0.15, 0.2) is 11.6 Å². The van der Waals surface area contributed by atoms with Gasteiger partial charge in [0.05, 0.1) is 23.6 Å². The average molecular weight is 473 g/mol. The molecule has 5 aromatic rings. The van der Waals surface area contributed by atoms with Crippen molar-refractivity contribution in [2.75, 3.05) is 11.5 Å². The van der Waals surface area contributed by atoms with Crippen molar-refractivity contribution in [3.63, 3.8) is 0 Å². The predicted octanol–water partition coefficient (Wildman–Crippen LogP) is 1.59. The molecule has 35 heavy (non-hydrogen) atoms. The van der Waals surface area contributed by atoms with Gasteiger partial charge in [-0.2, -0.15) is 4.68 Å². The summed E-state index contributed by atoms with van der Waals surface area (Å²) in [7, 11) is 0. The highest BCUT2D eigenvalue weighted by atomic mass is 19.1. The van der Waals surface area contributed by atoms with Crippen LogP contribution in [0.25, 0.3) is 28.0 Å². The fraction of sp³-hybridized carbons (Fsp3) is 0.125. The Hall–Kier alpha value is -4.64. The Morgan fingerprint density at radius 2 is 1.80 bits per heavy atom. The standard InChI is InChI=1S/C24H21FN8O2/c1-13-9-15(10-17(12-34)28-13)19-20(14-5-3-2-4-6-14)30-23(27)33-22(19)31-32(24(33)35)11-16-7-8-18(25)21(26)29-16/h2-10,34H,11-12H2,1H3,(H4,26,27,28,29,30,31)/p+1. The molecule has 0 unspecified atom stereocenters. The van der Waals surface area contributed by atoms with Crippen molar-refractivity contribution >= 4 is 17.4 Å². The molecule has 4 aromatic heterocycles. The van der Waals surface area contributed by atoms with E-state index in [1.54, 1.807) is 6.07 Å². The number of nitrogens with one attached hydrogen (secondary N) is 1. The van der Waals surface area contributed by atoms with E-state index in [4.69, 9.17) is 11.5 Å². The summed E-state index contributed by atoms with van der Waals surface area (Å²) >= 11 is 0. The SMILES string of the molecule is Cc1cc(-c2c(-c3ccccc3)nc(N)[n+]3c(=O)n(Cc4ccc(F)c(N)n4)[nH]c23)cc(CO)n1. The van der Waals surface area contributed by atoms with Gasteiger partial charge in [0.25, 0.3) is 0 Å². The molecule has 0 radical (unpaired) electrons. The Morgan fingerprint density at radius 1 is 1.03 bits per heavy atom. The molecule has 0 aliphatic carbocycles. The molecule has 11 heteroatoms. The number of aliphatic hydroxyl groups excluding tert-OH is 1. The number of aromatic amines is 1. The zero-order valence-electron chi connectivity index (χ0n) is 18.7. The molecule has 0 saturated heterocycles. The Bertz CT molecular complexity index is 1630. The van der Waals surface area contributed by atoms with Crippen LogP contribution in [0.2, 0.25) is 0 Å². The molecule has 1 aromatic carbocycles. The van der Waals surface area contributed by atoms with Crippen molar-refractivity contribution in [1.29, 1.82) is 0 Å². The Morgan fingerprint density at radius 3 is 2.51 bits per heavy atom. The summed E-state index contributed by atoms with van der Waals surface area (Å²) in [5.74, 6) is -0.901. The number of hydrogen-bond donors (Lipinski definition) is 4. The number of nitrogens with two attached hydrogens (primary N) is 2. The number of nitrogens with zero attached hydrogens (tertiary/aromatic N) is 5. The number of H-pyrrole nitrogens is 1. The van der Waals surface area contributed by atoms with Crippen molar-refractivity contribution in [2.24, 2.45) is 0 Å². The molecule has 0 aliphatic heterocycles. The molecule has 10 nitrogen and oxygen atoms in total. The monoisotopic (exact) mass is 473 g/mol. The Kier molecular flexibility index (Phi) is 5.46. The van der Waals surface area contributed by atoms with Crippen molar-refractivity contribution in [1.82, 2.24) is 24.7 Å². The third-order valence-corrected chi connectivity index (χ3v) is 5.57. The summed E-state index contributed by atoms with van der Waals surface area (Å²) in [4.78, 5) is 26.3. The van der Waals surface area contributed by atoms with Gasteiger partial charge in [0, 0.05) is 11.3 Å². The van der Waals surface area contributed by atoms with E-state index in [0.29, 0.717) is 39.5 Å². The first-order valence-electron chi connectivity index (χ1n) is 10.7. The third kappa shape index (κ3) is 3.97. The fourth-order valence-electron chi connectivity index (χ4n) is 4.05. The topological polar surface area (TPSA) is 153 Å². The van der Waals surface area contributed by atoms with Crippen LogP contribution in [-0.2, 0) is 13.2 Å². The molecule has 0 spiro atoms. The number of hydrogen-bond acceptors (Lipinski definition) is 7. The van der Waals surface area contributed by atoms with E-state index < -0.39 is 11.5 Å². The summed E-state index contributed by atoms with van der Waals surface area (Å²) in [6.07, 6.45) is 0. The van der Waals surface area contributed by atoms with Crippen molar-refractivity contribution in [3.05, 3.63) is 88.0 Å². The van der Waals surface area contributed by atoms with Crippen LogP contribution >= 0.6 is 0 Å². The van der Waals surface area contributed by atoms with Crippen LogP contribution in [0.4, 0.5) is 16.2 Å². The molecule has 176 valence electrons. The van der Waals surface area contributed by atoms with Gasteiger partial charge in [-0.15, -0.1) is 9.38 Å². The van der Waals surface area contributed by atoms with Gasteiger partial charge in [-0.05, 0) is 36.8 Å². The van der Waals surface area contributed by atoms with Gasteiger partial charge >= 0.3 is 11.6 Å². The van der Waals surface area contributed by atoms with Crippen LogP contribution in [0.5, 0.6) is 0 Å². The lowest BCUT2D eigenvalue weighted by Gasteiger charge is -2.10. The van der Waals surface area contributed by atoms with Gasteiger partial charge in [0.1, 0.15) is 12.2 Å². The van der Waals surface area contributed by atoms with Crippen LogP contribution < -0.4 is 21.6 Å². The fourth-order valence-corrected chi connectivity index (χ4v) is 4.05. The summed E-state index contributed by atoms with van der Waals surface area (Å²) in [6, 6.07) is 15.7. The number of aromatic nitrogens is 6. The smallest absolute Gasteiger partial charge is 0.390 e. The minimum atomic E-state index is -0.636. The second-order valence-electron chi connectivity index (χ2n) is 8.04. The van der Waals surface area contributed by atoms with E-state index in [0.717, 1.165) is 5.56 Å². The highest BCUT2D eigenvalue weighted by Gasteiger charge is 2.26. The molecular formula is C24H22FN8O2+. The number of aryl methyl sites for hydroxylation is 1. The number of nitrogen functional groups attached to an aromatic ring is 2. The van der Waals surface area contributed by atoms with Crippen molar-refractivity contribution in [3.8, 4) is 22.4 Å². The predicted molar refractivity (Wildman–Crippen MR) is 127 cm³/mol. The Balaban J connectivity index is 1.80. The Labute approximate surface area is 198 Å². The van der Waals surface area contributed by atoms with Crippen LogP contribution in [-0.4, -0.2) is 29.8 Å². The van der Waals surface area contributed by atoms with Crippen LogP contribution in [0.15, 0.2) is 59.4 Å². The molecule has 0 amide bonds. The van der Waals surface area contributed by atoms with Crippen LogP contribution in [0.3, 0.4) is 0 Å². The minimum absolute atomic E-state index is 0.00179. The highest BCUT2D eigenvalue weighted by Crippen LogP contribution is 2.33. The normalized spacial score (nSPS) is 11.3. The van der Waals surface area contributed by atoms with E-state index in [2.05, 4.69) is 20.1 Å². The number of halogens is 1. The average Bonchev–Trinajstić information content (AvgIpc) is 3.17. The van der Waals surface area contributed by atoms with Gasteiger partial charge in [0.2, 0.25) is 5.65 Å². The van der Waals surface area contributed by atoms with E-state index in [1.165, 1.54) is 21.2 Å². The maximum Gasteiger partial charge on any atom is 0.428 e. The summed E-state index contributed by atoms with van der Waals surface area (Å²) in [5.41, 5.74) is 16.0. The van der Waals surface area contributed by atoms with Gasteiger partial charge in [-0.3, -0.25) is 4.98 Å². The first-order chi connectivity index (χ1) is 16.9. The number of anilines is 2. The molecule has 0 aliphatic rings. The first-order valence-corrected chi connectivity index (χ1v) is 10.7.